The predicted octanol–water partition coefficient (Wildman–Crippen LogP) is 4.80. The molecule has 4 heteroatoms. The van der Waals surface area contributed by atoms with Crippen LogP contribution in [0.5, 0.6) is 0 Å². The molecule has 0 aliphatic carbocycles. The van der Waals surface area contributed by atoms with Crippen molar-refractivity contribution < 1.29 is 0 Å². The molecule has 4 nitrogen and oxygen atoms in total. The van der Waals surface area contributed by atoms with Gasteiger partial charge in [-0.1, -0.05) is 54.6 Å². The van der Waals surface area contributed by atoms with Crippen molar-refractivity contribution in [1.82, 2.24) is 20.0 Å². The van der Waals surface area contributed by atoms with Gasteiger partial charge in [-0.05, 0) is 68.6 Å². The van der Waals surface area contributed by atoms with Gasteiger partial charge in [0.25, 0.3) is 0 Å². The first-order valence-electron chi connectivity index (χ1n) is 11.0. The van der Waals surface area contributed by atoms with Crippen LogP contribution in [0.3, 0.4) is 0 Å². The Balaban J connectivity index is 1.24. The molecule has 0 saturated carbocycles. The minimum absolute atomic E-state index is 0.808. The summed E-state index contributed by atoms with van der Waals surface area (Å²) in [6, 6.07) is 20.2. The van der Waals surface area contributed by atoms with E-state index in [0.717, 1.165) is 18.3 Å². The van der Waals surface area contributed by atoms with E-state index in [1.807, 2.05) is 6.20 Å². The van der Waals surface area contributed by atoms with Gasteiger partial charge in [0.2, 0.25) is 0 Å². The molecule has 2 saturated heterocycles. The first-order chi connectivity index (χ1) is 14.4. The summed E-state index contributed by atoms with van der Waals surface area (Å²) < 4.78 is 0. The fraction of sp³-hybridized carbons (Fsp3) is 0.400. The Kier molecular flexibility index (Phi) is 5.46. The van der Waals surface area contributed by atoms with Gasteiger partial charge in [0, 0.05) is 18.2 Å². The van der Waals surface area contributed by atoms with Gasteiger partial charge in [-0.15, -0.1) is 0 Å². The molecule has 0 atom stereocenters. The van der Waals surface area contributed by atoms with E-state index >= 15 is 0 Å². The zero-order valence-electron chi connectivity index (χ0n) is 17.1. The highest BCUT2D eigenvalue weighted by molar-refractivity contribution is 5.69. The number of likely N-dealkylation sites (tertiary alicyclic amines) is 2. The quantitative estimate of drug-likeness (QED) is 0.684. The van der Waals surface area contributed by atoms with Crippen molar-refractivity contribution in [2.45, 2.75) is 38.3 Å². The fourth-order valence-corrected chi connectivity index (χ4v) is 4.93. The van der Waals surface area contributed by atoms with Gasteiger partial charge in [0.15, 0.2) is 0 Å². The van der Waals surface area contributed by atoms with Crippen molar-refractivity contribution in [3.8, 4) is 22.4 Å². The molecule has 0 bridgehead atoms. The Morgan fingerprint density at radius 2 is 1.45 bits per heavy atom. The van der Waals surface area contributed by atoms with Crippen molar-refractivity contribution in [1.29, 1.82) is 0 Å². The molecule has 1 aromatic heterocycles. The van der Waals surface area contributed by atoms with Crippen LogP contribution < -0.4 is 0 Å². The van der Waals surface area contributed by atoms with E-state index < -0.39 is 0 Å². The normalized spacial score (nSPS) is 19.0. The molecule has 3 aromatic rings. The van der Waals surface area contributed by atoms with Crippen LogP contribution in [-0.4, -0.2) is 52.2 Å². The van der Waals surface area contributed by atoms with Gasteiger partial charge in [0.1, 0.15) is 0 Å². The Morgan fingerprint density at radius 3 is 2.17 bits per heavy atom. The van der Waals surface area contributed by atoms with Gasteiger partial charge in [-0.25, -0.2) is 0 Å². The molecule has 150 valence electrons. The van der Waals surface area contributed by atoms with Crippen LogP contribution in [0.25, 0.3) is 22.4 Å². The van der Waals surface area contributed by atoms with Crippen molar-refractivity contribution >= 4 is 0 Å². The second-order valence-corrected chi connectivity index (χ2v) is 8.46. The number of benzene rings is 2. The summed E-state index contributed by atoms with van der Waals surface area (Å²) in [5.74, 6) is 0. The van der Waals surface area contributed by atoms with Crippen LogP contribution in [0.2, 0.25) is 0 Å². The molecule has 3 heterocycles. The van der Waals surface area contributed by atoms with Gasteiger partial charge in [-0.2, -0.15) is 5.10 Å². The number of hydrogen-bond donors (Lipinski definition) is 1. The molecule has 0 spiro atoms. The minimum atomic E-state index is 0.808. The van der Waals surface area contributed by atoms with E-state index in [4.69, 9.17) is 0 Å². The number of piperidine rings is 1. The average Bonchev–Trinajstić information content (AvgIpc) is 3.48. The lowest BCUT2D eigenvalue weighted by molar-refractivity contribution is 0.123. The first kappa shape index (κ1) is 18.6. The summed E-state index contributed by atoms with van der Waals surface area (Å²) >= 11 is 0. The molecule has 1 N–H and O–H groups in total. The number of nitrogens with zero attached hydrogens (tertiary/aromatic N) is 3. The van der Waals surface area contributed by atoms with Crippen LogP contribution in [-0.2, 0) is 6.54 Å². The van der Waals surface area contributed by atoms with E-state index in [-0.39, 0.29) is 0 Å². The van der Waals surface area contributed by atoms with E-state index in [9.17, 15) is 0 Å². The number of hydrogen-bond acceptors (Lipinski definition) is 3. The molecule has 29 heavy (non-hydrogen) atoms. The summed E-state index contributed by atoms with van der Waals surface area (Å²) in [6.07, 6.45) is 7.40. The van der Waals surface area contributed by atoms with Gasteiger partial charge >= 0.3 is 0 Å². The summed E-state index contributed by atoms with van der Waals surface area (Å²) in [7, 11) is 0. The maximum absolute atomic E-state index is 4.36. The second-order valence-electron chi connectivity index (χ2n) is 8.46. The molecule has 0 amide bonds. The predicted molar refractivity (Wildman–Crippen MR) is 119 cm³/mol. The van der Waals surface area contributed by atoms with Crippen molar-refractivity contribution in [2.24, 2.45) is 0 Å². The highest BCUT2D eigenvalue weighted by Gasteiger charge is 2.26. The maximum Gasteiger partial charge on any atom is 0.0695 e. The molecule has 0 radical (unpaired) electrons. The first-order valence-corrected chi connectivity index (χ1v) is 11.0. The number of aromatic amines is 1. The number of H-pyrrole nitrogens is 1. The maximum atomic E-state index is 4.36. The van der Waals surface area contributed by atoms with Crippen LogP contribution in [0.15, 0.2) is 60.8 Å². The van der Waals surface area contributed by atoms with E-state index in [2.05, 4.69) is 74.6 Å². The largest absolute Gasteiger partial charge is 0.300 e. The number of rotatable bonds is 5. The van der Waals surface area contributed by atoms with Crippen LogP contribution in [0, 0.1) is 0 Å². The molecule has 2 fully saturated rings. The zero-order chi connectivity index (χ0) is 19.5. The summed E-state index contributed by atoms with van der Waals surface area (Å²) in [5, 5.41) is 7.60. The molecular weight excluding hydrogens is 356 g/mol. The molecule has 5 rings (SSSR count). The van der Waals surface area contributed by atoms with Crippen LogP contribution in [0.4, 0.5) is 0 Å². The van der Waals surface area contributed by atoms with Crippen LogP contribution >= 0.6 is 0 Å². The molecule has 2 aromatic carbocycles. The Bertz CT molecular complexity index is 902. The van der Waals surface area contributed by atoms with Gasteiger partial charge in [0.05, 0.1) is 11.9 Å². The molecular formula is C25H30N4. The van der Waals surface area contributed by atoms with Crippen LogP contribution in [0.1, 0.15) is 31.2 Å². The Hall–Kier alpha value is -2.43. The minimum Gasteiger partial charge on any atom is -0.300 e. The number of aromatic nitrogens is 2. The summed E-state index contributed by atoms with van der Waals surface area (Å²) in [5.41, 5.74) is 6.18. The molecule has 2 aliphatic rings. The second kappa shape index (κ2) is 8.52. The lowest BCUT2D eigenvalue weighted by atomic mass is 10.0. The Morgan fingerprint density at radius 1 is 0.793 bits per heavy atom. The van der Waals surface area contributed by atoms with E-state index in [0.29, 0.717) is 0 Å². The lowest BCUT2D eigenvalue weighted by Crippen LogP contribution is -2.43. The fourth-order valence-electron chi connectivity index (χ4n) is 4.93. The standard InChI is InChI=1S/C25H30N4/c1-2-6-20(7-3-1)21-8-10-22(11-9-21)25-23(18-26-27-25)19-28-16-12-24(13-17-28)29-14-4-5-15-29/h1-3,6-11,18,24H,4-5,12-17,19H2,(H,26,27). The molecule has 2 aliphatic heterocycles. The SMILES string of the molecule is c1ccc(-c2ccc(-c3[nH]ncc3CN3CCC(N4CCCC4)CC3)cc2)cc1. The van der Waals surface area contributed by atoms with E-state index in [1.54, 1.807) is 0 Å². The summed E-state index contributed by atoms with van der Waals surface area (Å²) in [4.78, 5) is 5.31. The summed E-state index contributed by atoms with van der Waals surface area (Å²) in [6.45, 7) is 6.00. The van der Waals surface area contributed by atoms with Crippen molar-refractivity contribution in [2.75, 3.05) is 26.2 Å². The van der Waals surface area contributed by atoms with Crippen molar-refractivity contribution in [3.05, 3.63) is 66.4 Å². The average molecular weight is 387 g/mol. The highest BCUT2D eigenvalue weighted by atomic mass is 15.2. The van der Waals surface area contributed by atoms with Crippen molar-refractivity contribution in [3.63, 3.8) is 0 Å². The van der Waals surface area contributed by atoms with Gasteiger partial charge in [-0.3, -0.25) is 10.00 Å². The highest BCUT2D eigenvalue weighted by Crippen LogP contribution is 2.28. The lowest BCUT2D eigenvalue weighted by Gasteiger charge is -2.36. The zero-order valence-corrected chi connectivity index (χ0v) is 17.1. The number of nitrogens with one attached hydrogen (secondary N) is 1. The third-order valence-corrected chi connectivity index (χ3v) is 6.61. The van der Waals surface area contributed by atoms with E-state index in [1.165, 1.54) is 74.1 Å². The third-order valence-electron chi connectivity index (χ3n) is 6.61. The monoisotopic (exact) mass is 386 g/mol. The topological polar surface area (TPSA) is 35.2 Å². The third kappa shape index (κ3) is 4.14. The molecule has 0 unspecified atom stereocenters. The Labute approximate surface area is 173 Å². The smallest absolute Gasteiger partial charge is 0.0695 e. The van der Waals surface area contributed by atoms with Gasteiger partial charge < -0.3 is 4.90 Å².